The van der Waals surface area contributed by atoms with Crippen LogP contribution < -0.4 is 10.2 Å². The number of hydrogen-bond donors (Lipinski definition) is 1. The van der Waals surface area contributed by atoms with Crippen LogP contribution >= 0.6 is 11.5 Å². The molecule has 0 spiro atoms. The van der Waals surface area contributed by atoms with Crippen LogP contribution in [0.2, 0.25) is 0 Å². The Hall–Kier alpha value is -1.70. The summed E-state index contributed by atoms with van der Waals surface area (Å²) in [5.41, 5.74) is 1.80. The summed E-state index contributed by atoms with van der Waals surface area (Å²) in [6, 6.07) is 6.39. The van der Waals surface area contributed by atoms with E-state index in [9.17, 15) is 4.79 Å². The van der Waals surface area contributed by atoms with Crippen molar-refractivity contribution in [2.75, 3.05) is 44.8 Å². The number of carbonyl (C=O) groups is 1. The van der Waals surface area contributed by atoms with Crippen LogP contribution in [0.15, 0.2) is 18.2 Å². The lowest BCUT2D eigenvalue weighted by Gasteiger charge is -2.45. The number of fused-ring (bicyclic) bond motifs is 4. The molecule has 4 aliphatic heterocycles. The molecule has 0 aliphatic carbocycles. The predicted molar refractivity (Wildman–Crippen MR) is 112 cm³/mol. The van der Waals surface area contributed by atoms with Crippen LogP contribution in [0.25, 0.3) is 10.1 Å². The number of amides is 1. The van der Waals surface area contributed by atoms with Crippen LogP contribution in [-0.4, -0.2) is 61.2 Å². The van der Waals surface area contributed by atoms with Gasteiger partial charge < -0.3 is 15.0 Å². The smallest absolute Gasteiger partial charge is 0.272 e. The van der Waals surface area contributed by atoms with Crippen LogP contribution in [0.4, 0.5) is 5.69 Å². The summed E-state index contributed by atoms with van der Waals surface area (Å²) in [5, 5.41) is 4.21. The highest BCUT2D eigenvalue weighted by Crippen LogP contribution is 2.33. The minimum absolute atomic E-state index is 0.0297. The number of rotatable bonds is 5. The summed E-state index contributed by atoms with van der Waals surface area (Å²) in [5.74, 6) is 1.34. The second kappa shape index (κ2) is 7.61. The third-order valence-electron chi connectivity index (χ3n) is 6.67. The average molecular weight is 401 g/mol. The Morgan fingerprint density at radius 2 is 2.14 bits per heavy atom. The molecule has 4 saturated heterocycles. The lowest BCUT2D eigenvalue weighted by molar-refractivity contribution is 0.0294. The normalized spacial score (nSPS) is 29.5. The number of anilines is 1. The SMILES string of the molecule is COCC1CCN(c2ccc3c(C(=O)N[C@@H]4CC5CCN4CC5)nsc3c2)C1. The summed E-state index contributed by atoms with van der Waals surface area (Å²) in [7, 11) is 1.77. The van der Waals surface area contributed by atoms with Gasteiger partial charge in [0.25, 0.3) is 5.91 Å². The summed E-state index contributed by atoms with van der Waals surface area (Å²) in [4.78, 5) is 17.7. The van der Waals surface area contributed by atoms with Crippen LogP contribution in [0.5, 0.6) is 0 Å². The van der Waals surface area contributed by atoms with Gasteiger partial charge >= 0.3 is 0 Å². The molecule has 1 aromatic carbocycles. The lowest BCUT2D eigenvalue weighted by atomic mass is 9.86. The van der Waals surface area contributed by atoms with E-state index in [1.807, 2.05) is 0 Å². The molecular formula is C21H28N4O2S. The van der Waals surface area contributed by atoms with Gasteiger partial charge in [0.1, 0.15) is 5.69 Å². The standard InChI is InChI=1S/C21H28N4O2S/c1-27-13-15-6-9-25(12-15)16-2-3-17-18(11-16)28-23-20(17)21(26)22-19-10-14-4-7-24(19)8-5-14/h2-3,11,14-15,19H,4-10,12-13H2,1H3,(H,22,26)/t15?,19-/m0/s1. The first-order valence-electron chi connectivity index (χ1n) is 10.4. The summed E-state index contributed by atoms with van der Waals surface area (Å²) < 4.78 is 10.9. The van der Waals surface area contributed by atoms with Gasteiger partial charge in [-0.2, -0.15) is 4.37 Å². The number of nitrogens with one attached hydrogen (secondary N) is 1. The Balaban J connectivity index is 1.30. The fraction of sp³-hybridized carbons (Fsp3) is 0.619. The van der Waals surface area contributed by atoms with E-state index in [0.717, 1.165) is 55.2 Å². The minimum Gasteiger partial charge on any atom is -0.384 e. The van der Waals surface area contributed by atoms with Gasteiger partial charge in [-0.3, -0.25) is 9.69 Å². The fourth-order valence-corrected chi connectivity index (χ4v) is 5.87. The van der Waals surface area contributed by atoms with E-state index in [1.165, 1.54) is 36.5 Å². The molecule has 0 radical (unpaired) electrons. The molecule has 2 aromatic rings. The summed E-state index contributed by atoms with van der Waals surface area (Å²) in [6.07, 6.45) is 4.97. The predicted octanol–water partition coefficient (Wildman–Crippen LogP) is 2.94. The molecular weight excluding hydrogens is 372 g/mol. The van der Waals surface area contributed by atoms with E-state index in [4.69, 9.17) is 4.74 Å². The summed E-state index contributed by atoms with van der Waals surface area (Å²) in [6.45, 7) is 5.13. The van der Waals surface area contributed by atoms with E-state index in [0.29, 0.717) is 11.6 Å². The largest absolute Gasteiger partial charge is 0.384 e. The maximum atomic E-state index is 12.9. The van der Waals surface area contributed by atoms with Gasteiger partial charge in [-0.05, 0) is 61.3 Å². The quantitative estimate of drug-likeness (QED) is 0.836. The maximum absolute atomic E-state index is 12.9. The van der Waals surface area contributed by atoms with Crippen molar-refractivity contribution < 1.29 is 9.53 Å². The number of ether oxygens (including phenoxy) is 1. The number of benzene rings is 1. The third kappa shape index (κ3) is 3.40. The molecule has 7 heteroatoms. The highest BCUT2D eigenvalue weighted by Gasteiger charge is 2.35. The van der Waals surface area contributed by atoms with Crippen LogP contribution in [0.3, 0.4) is 0 Å². The fourth-order valence-electron chi connectivity index (χ4n) is 5.06. The Morgan fingerprint density at radius 1 is 1.29 bits per heavy atom. The Labute approximate surface area is 170 Å². The number of piperidine rings is 3. The molecule has 6 rings (SSSR count). The molecule has 150 valence electrons. The maximum Gasteiger partial charge on any atom is 0.272 e. The van der Waals surface area contributed by atoms with Crippen molar-refractivity contribution in [1.82, 2.24) is 14.6 Å². The van der Waals surface area contributed by atoms with E-state index in [2.05, 4.69) is 37.7 Å². The second-order valence-corrected chi connectivity index (χ2v) is 9.28. The molecule has 4 aliphatic rings. The molecule has 1 aromatic heterocycles. The molecule has 5 heterocycles. The number of hydrogen-bond acceptors (Lipinski definition) is 6. The Morgan fingerprint density at radius 3 is 2.89 bits per heavy atom. The second-order valence-electron chi connectivity index (χ2n) is 8.47. The van der Waals surface area contributed by atoms with E-state index >= 15 is 0 Å². The number of carbonyl (C=O) groups excluding carboxylic acids is 1. The van der Waals surface area contributed by atoms with Gasteiger partial charge in [0.2, 0.25) is 0 Å². The zero-order valence-electron chi connectivity index (χ0n) is 16.4. The van der Waals surface area contributed by atoms with Gasteiger partial charge in [-0.1, -0.05) is 0 Å². The van der Waals surface area contributed by atoms with Crippen molar-refractivity contribution in [2.24, 2.45) is 11.8 Å². The van der Waals surface area contributed by atoms with E-state index in [1.54, 1.807) is 7.11 Å². The Kier molecular flexibility index (Phi) is 4.99. The van der Waals surface area contributed by atoms with Crippen LogP contribution in [-0.2, 0) is 4.74 Å². The van der Waals surface area contributed by atoms with E-state index in [-0.39, 0.29) is 12.1 Å². The first-order chi connectivity index (χ1) is 13.7. The minimum atomic E-state index is -0.0297. The van der Waals surface area contributed by atoms with E-state index < -0.39 is 0 Å². The molecule has 0 saturated carbocycles. The van der Waals surface area contributed by atoms with Gasteiger partial charge in [0, 0.05) is 50.3 Å². The van der Waals surface area contributed by atoms with Gasteiger partial charge in [-0.15, -0.1) is 0 Å². The molecule has 1 N–H and O–H groups in total. The summed E-state index contributed by atoms with van der Waals surface area (Å²) >= 11 is 1.43. The van der Waals surface area contributed by atoms with Crippen molar-refractivity contribution in [3.63, 3.8) is 0 Å². The molecule has 1 amide bonds. The zero-order chi connectivity index (χ0) is 19.1. The molecule has 2 bridgehead atoms. The van der Waals surface area contributed by atoms with Crippen LogP contribution in [0, 0.1) is 11.8 Å². The topological polar surface area (TPSA) is 57.7 Å². The van der Waals surface area contributed by atoms with Crippen molar-refractivity contribution >= 4 is 33.2 Å². The van der Waals surface area contributed by atoms with Gasteiger partial charge in [0.15, 0.2) is 0 Å². The lowest BCUT2D eigenvalue weighted by Crippen LogP contribution is -2.56. The third-order valence-corrected chi connectivity index (χ3v) is 7.48. The molecule has 4 fully saturated rings. The first-order valence-corrected chi connectivity index (χ1v) is 11.2. The average Bonchev–Trinajstić information content (AvgIpc) is 3.35. The highest BCUT2D eigenvalue weighted by molar-refractivity contribution is 7.13. The van der Waals surface area contributed by atoms with Crippen molar-refractivity contribution in [2.45, 2.75) is 31.8 Å². The Bertz CT molecular complexity index is 861. The van der Waals surface area contributed by atoms with Crippen molar-refractivity contribution in [3.05, 3.63) is 23.9 Å². The number of methoxy groups -OCH3 is 1. The van der Waals surface area contributed by atoms with Crippen molar-refractivity contribution in [1.29, 1.82) is 0 Å². The molecule has 6 nitrogen and oxygen atoms in total. The highest BCUT2D eigenvalue weighted by atomic mass is 32.1. The monoisotopic (exact) mass is 400 g/mol. The first kappa shape index (κ1) is 18.3. The zero-order valence-corrected chi connectivity index (χ0v) is 17.2. The molecule has 28 heavy (non-hydrogen) atoms. The molecule has 2 atom stereocenters. The number of nitrogens with zero attached hydrogens (tertiary/aromatic N) is 3. The van der Waals surface area contributed by atoms with Crippen molar-refractivity contribution in [3.8, 4) is 0 Å². The molecule has 1 unspecified atom stereocenters. The van der Waals surface area contributed by atoms with Gasteiger partial charge in [-0.25, -0.2) is 0 Å². The van der Waals surface area contributed by atoms with Gasteiger partial charge in [0.05, 0.1) is 17.5 Å². The van der Waals surface area contributed by atoms with Crippen LogP contribution in [0.1, 0.15) is 36.2 Å². The number of aromatic nitrogens is 1.